The smallest absolute Gasteiger partial charge is 0.251 e. The second-order valence-electron chi connectivity index (χ2n) is 4.91. The number of hydrogen-bond acceptors (Lipinski definition) is 4. The lowest BCUT2D eigenvalue weighted by Crippen LogP contribution is -2.24. The number of carbonyl (C=O) groups excluding carboxylic acids is 1. The second kappa shape index (κ2) is 10.2. The van der Waals surface area contributed by atoms with E-state index in [2.05, 4.69) is 27.3 Å². The van der Waals surface area contributed by atoms with Crippen LogP contribution in [0.5, 0.6) is 0 Å². The molecular formula is C17H16Br2N4OS. The van der Waals surface area contributed by atoms with Crippen LogP contribution in [0.1, 0.15) is 27.0 Å². The van der Waals surface area contributed by atoms with E-state index in [4.69, 9.17) is 16.4 Å². The molecule has 2 aromatic rings. The molecule has 8 heteroatoms. The molecule has 2 rings (SSSR count). The van der Waals surface area contributed by atoms with Gasteiger partial charge in [0.1, 0.15) is 0 Å². The summed E-state index contributed by atoms with van der Waals surface area (Å²) in [6.45, 7) is 0.371. The number of nitriles is 1. The Kier molecular flexibility index (Phi) is 8.69. The van der Waals surface area contributed by atoms with Crippen LogP contribution < -0.4 is 11.1 Å². The number of amidine groups is 1. The first-order valence-corrected chi connectivity index (χ1v) is 8.80. The fourth-order valence-corrected chi connectivity index (χ4v) is 3.35. The minimum absolute atomic E-state index is 0. The second-order valence-corrected chi connectivity index (χ2v) is 6.78. The van der Waals surface area contributed by atoms with E-state index in [1.54, 1.807) is 24.3 Å². The number of nitrogens with one attached hydrogen (secondary N) is 2. The van der Waals surface area contributed by atoms with Gasteiger partial charge in [0.05, 0.1) is 11.6 Å². The zero-order chi connectivity index (χ0) is 17.5. The van der Waals surface area contributed by atoms with E-state index in [1.807, 2.05) is 18.2 Å². The Morgan fingerprint density at radius 2 is 1.96 bits per heavy atom. The summed E-state index contributed by atoms with van der Waals surface area (Å²) in [5.41, 5.74) is 8.23. The Bertz CT molecular complexity index is 803. The van der Waals surface area contributed by atoms with Crippen molar-refractivity contribution in [3.8, 4) is 6.07 Å². The lowest BCUT2D eigenvalue weighted by atomic mass is 10.1. The van der Waals surface area contributed by atoms with Gasteiger partial charge in [0.25, 0.3) is 5.91 Å². The van der Waals surface area contributed by atoms with Crippen LogP contribution in [0.2, 0.25) is 0 Å². The largest absolute Gasteiger partial charge is 0.379 e. The number of thioether (sulfide) groups is 1. The van der Waals surface area contributed by atoms with Crippen molar-refractivity contribution in [2.24, 2.45) is 5.73 Å². The Hall–Kier alpha value is -1.82. The molecule has 4 N–H and O–H groups in total. The van der Waals surface area contributed by atoms with Gasteiger partial charge >= 0.3 is 0 Å². The van der Waals surface area contributed by atoms with Gasteiger partial charge in [-0.25, -0.2) is 0 Å². The zero-order valence-corrected chi connectivity index (χ0v) is 17.2. The first kappa shape index (κ1) is 21.2. The molecule has 0 atom stereocenters. The molecule has 0 saturated carbocycles. The van der Waals surface area contributed by atoms with Gasteiger partial charge in [-0.3, -0.25) is 10.2 Å². The molecule has 0 saturated heterocycles. The van der Waals surface area contributed by atoms with E-state index < -0.39 is 0 Å². The maximum Gasteiger partial charge on any atom is 0.251 e. The number of amides is 1. The third-order valence-corrected chi connectivity index (χ3v) is 4.76. The third kappa shape index (κ3) is 6.20. The van der Waals surface area contributed by atoms with Crippen LogP contribution in [0.4, 0.5) is 0 Å². The van der Waals surface area contributed by atoms with E-state index >= 15 is 0 Å². The van der Waals surface area contributed by atoms with Crippen LogP contribution in [0.25, 0.3) is 0 Å². The van der Waals surface area contributed by atoms with Crippen LogP contribution in [0.15, 0.2) is 46.9 Å². The average Bonchev–Trinajstić information content (AvgIpc) is 2.58. The molecule has 0 aromatic heterocycles. The van der Waals surface area contributed by atoms with E-state index in [1.165, 1.54) is 11.8 Å². The molecule has 0 aliphatic carbocycles. The molecule has 25 heavy (non-hydrogen) atoms. The lowest BCUT2D eigenvalue weighted by Gasteiger charge is -2.12. The van der Waals surface area contributed by atoms with Gasteiger partial charge in [0.2, 0.25) is 0 Å². The quantitative estimate of drug-likeness (QED) is 0.442. The summed E-state index contributed by atoms with van der Waals surface area (Å²) in [5, 5.41) is 19.0. The van der Waals surface area contributed by atoms with Crippen molar-refractivity contribution in [2.45, 2.75) is 12.3 Å². The molecule has 0 radical (unpaired) electrons. The molecule has 0 heterocycles. The minimum atomic E-state index is -0.195. The summed E-state index contributed by atoms with van der Waals surface area (Å²) < 4.78 is 0.808. The predicted octanol–water partition coefficient (Wildman–Crippen LogP) is 3.96. The maximum atomic E-state index is 12.5. The summed E-state index contributed by atoms with van der Waals surface area (Å²) in [6.07, 6.45) is 0. The summed E-state index contributed by atoms with van der Waals surface area (Å²) in [4.78, 5) is 12.5. The van der Waals surface area contributed by atoms with E-state index in [0.29, 0.717) is 23.4 Å². The number of nitrogens with two attached hydrogens (primary N) is 1. The minimum Gasteiger partial charge on any atom is -0.379 e. The van der Waals surface area contributed by atoms with Gasteiger partial charge in [-0.2, -0.15) is 5.26 Å². The fraction of sp³-hybridized carbons (Fsp3) is 0.118. The van der Waals surface area contributed by atoms with E-state index in [9.17, 15) is 4.79 Å². The van der Waals surface area contributed by atoms with Gasteiger partial charge in [-0.1, -0.05) is 45.9 Å². The van der Waals surface area contributed by atoms with Crippen molar-refractivity contribution in [1.29, 1.82) is 10.7 Å². The van der Waals surface area contributed by atoms with Crippen molar-refractivity contribution < 1.29 is 4.79 Å². The predicted molar refractivity (Wildman–Crippen MR) is 110 cm³/mol. The van der Waals surface area contributed by atoms with Crippen molar-refractivity contribution in [3.05, 3.63) is 69.2 Å². The summed E-state index contributed by atoms with van der Waals surface area (Å²) >= 11 is 4.61. The number of nitrogens with zero attached hydrogens (tertiary/aromatic N) is 1. The van der Waals surface area contributed by atoms with Gasteiger partial charge < -0.3 is 11.1 Å². The number of carbonyl (C=O) groups is 1. The first-order valence-electron chi connectivity index (χ1n) is 7.02. The SMILES string of the molecule is Br.N#Cc1ccc(CNC(=O)c2cccc(Br)c2CSC(=N)N)cc1. The fourth-order valence-electron chi connectivity index (χ4n) is 2.04. The summed E-state index contributed by atoms with van der Waals surface area (Å²) in [6, 6.07) is 14.5. The highest BCUT2D eigenvalue weighted by atomic mass is 79.9. The maximum absolute atomic E-state index is 12.5. The van der Waals surface area contributed by atoms with Crippen LogP contribution in [0, 0.1) is 16.7 Å². The molecule has 0 fully saturated rings. The van der Waals surface area contributed by atoms with E-state index in [-0.39, 0.29) is 28.1 Å². The summed E-state index contributed by atoms with van der Waals surface area (Å²) in [5.74, 6) is 0.246. The highest BCUT2D eigenvalue weighted by Crippen LogP contribution is 2.25. The summed E-state index contributed by atoms with van der Waals surface area (Å²) in [7, 11) is 0. The van der Waals surface area contributed by atoms with E-state index in [0.717, 1.165) is 15.6 Å². The molecule has 5 nitrogen and oxygen atoms in total. The number of benzene rings is 2. The molecule has 2 aromatic carbocycles. The Morgan fingerprint density at radius 3 is 2.56 bits per heavy atom. The Morgan fingerprint density at radius 1 is 1.28 bits per heavy atom. The van der Waals surface area contributed by atoms with Gasteiger partial charge in [0, 0.05) is 22.3 Å². The molecule has 1 amide bonds. The molecule has 0 bridgehead atoms. The van der Waals surface area contributed by atoms with Gasteiger partial charge in [-0.15, -0.1) is 17.0 Å². The Labute approximate surface area is 169 Å². The third-order valence-electron chi connectivity index (χ3n) is 3.27. The van der Waals surface area contributed by atoms with Crippen LogP contribution in [0.3, 0.4) is 0 Å². The van der Waals surface area contributed by atoms with Gasteiger partial charge in [0.15, 0.2) is 5.17 Å². The topological polar surface area (TPSA) is 103 Å². The van der Waals surface area contributed by atoms with Crippen LogP contribution in [-0.2, 0) is 12.3 Å². The molecule has 0 aliphatic heterocycles. The normalized spacial score (nSPS) is 9.60. The highest BCUT2D eigenvalue weighted by molar-refractivity contribution is 9.10. The highest BCUT2D eigenvalue weighted by Gasteiger charge is 2.14. The van der Waals surface area contributed by atoms with Crippen molar-refractivity contribution in [2.75, 3.05) is 0 Å². The number of rotatable bonds is 5. The molecule has 0 unspecified atom stereocenters. The molecule has 130 valence electrons. The van der Waals surface area contributed by atoms with Crippen molar-refractivity contribution >= 4 is 55.7 Å². The first-order chi connectivity index (χ1) is 11.5. The van der Waals surface area contributed by atoms with Crippen LogP contribution >= 0.6 is 44.7 Å². The van der Waals surface area contributed by atoms with Gasteiger partial charge in [-0.05, 0) is 35.4 Å². The lowest BCUT2D eigenvalue weighted by molar-refractivity contribution is 0.0950. The van der Waals surface area contributed by atoms with Crippen molar-refractivity contribution in [3.63, 3.8) is 0 Å². The van der Waals surface area contributed by atoms with Crippen molar-refractivity contribution in [1.82, 2.24) is 5.32 Å². The van der Waals surface area contributed by atoms with Crippen LogP contribution in [-0.4, -0.2) is 11.1 Å². The molecule has 0 aliphatic rings. The Balaban J connectivity index is 0.00000312. The number of hydrogen-bond donors (Lipinski definition) is 3. The average molecular weight is 484 g/mol. The molecule has 0 spiro atoms. The monoisotopic (exact) mass is 482 g/mol. The number of halogens is 2. The standard InChI is InChI=1S/C17H15BrN4OS.BrH/c18-15-3-1-2-13(14(15)10-24-17(20)21)16(23)22-9-12-6-4-11(8-19)5-7-12;/h1-7H,9-10H2,(H3,20,21)(H,22,23);1H. The zero-order valence-electron chi connectivity index (χ0n) is 13.1. The molecular weight excluding hydrogens is 468 g/mol.